The molecule has 4 rings (SSSR count). The van der Waals surface area contributed by atoms with Crippen molar-refractivity contribution in [3.63, 3.8) is 0 Å². The minimum atomic E-state index is -0.776. The lowest BCUT2D eigenvalue weighted by molar-refractivity contribution is 0.0258. The molecule has 1 saturated heterocycles. The van der Waals surface area contributed by atoms with Gasteiger partial charge in [-0.3, -0.25) is 9.67 Å². The van der Waals surface area contributed by atoms with Crippen LogP contribution in [0.25, 0.3) is 0 Å². The van der Waals surface area contributed by atoms with Crippen LogP contribution in [0.3, 0.4) is 0 Å². The molecule has 1 atom stereocenters. The fourth-order valence-electron chi connectivity index (χ4n) is 4.20. The van der Waals surface area contributed by atoms with E-state index in [1.54, 1.807) is 18.6 Å². The minimum Gasteiger partial charge on any atom is -0.492 e. The third kappa shape index (κ3) is 5.83. The molecule has 0 radical (unpaired) electrons. The number of anilines is 1. The van der Waals surface area contributed by atoms with Gasteiger partial charge in [-0.15, -0.1) is 0 Å². The summed E-state index contributed by atoms with van der Waals surface area (Å²) < 4.78 is 7.83. The number of benzene rings is 1. The lowest BCUT2D eigenvalue weighted by Crippen LogP contribution is -2.53. The molecule has 8 nitrogen and oxygen atoms in total. The molecule has 0 saturated carbocycles. The van der Waals surface area contributed by atoms with E-state index in [0.29, 0.717) is 26.2 Å². The molecule has 0 spiro atoms. The predicted octanol–water partition coefficient (Wildman–Crippen LogP) is 2.49. The number of nitrogens with zero attached hydrogens (tertiary/aromatic N) is 5. The summed E-state index contributed by atoms with van der Waals surface area (Å²) in [6, 6.07) is 10.2. The summed E-state index contributed by atoms with van der Waals surface area (Å²) in [6.07, 6.45) is 6.81. The molecule has 2 aromatic heterocycles. The first-order valence-electron chi connectivity index (χ1n) is 11.2. The Morgan fingerprint density at radius 2 is 2.03 bits per heavy atom. The van der Waals surface area contributed by atoms with Crippen molar-refractivity contribution in [2.75, 3.05) is 31.1 Å². The molecule has 1 fully saturated rings. The van der Waals surface area contributed by atoms with Crippen molar-refractivity contribution >= 4 is 5.82 Å². The van der Waals surface area contributed by atoms with Crippen LogP contribution in [0, 0.1) is 13.8 Å². The summed E-state index contributed by atoms with van der Waals surface area (Å²) in [5, 5.41) is 18.9. The third-order valence-electron chi connectivity index (χ3n) is 5.81. The molecule has 0 bridgehead atoms. The first kappa shape index (κ1) is 22.2. The lowest BCUT2D eigenvalue weighted by atomic mass is 9.92. The molecule has 1 aliphatic heterocycles. The Labute approximate surface area is 189 Å². The monoisotopic (exact) mass is 436 g/mol. The molecule has 8 heteroatoms. The average Bonchev–Trinajstić information content (AvgIpc) is 3.12. The highest BCUT2D eigenvalue weighted by Gasteiger charge is 2.33. The second kappa shape index (κ2) is 10.1. The minimum absolute atomic E-state index is 0.532. The van der Waals surface area contributed by atoms with E-state index in [2.05, 4.69) is 50.4 Å². The lowest BCUT2D eigenvalue weighted by Gasteiger charge is -2.39. The number of hydrogen-bond acceptors (Lipinski definition) is 7. The van der Waals surface area contributed by atoms with Gasteiger partial charge in [0.05, 0.1) is 24.0 Å². The summed E-state index contributed by atoms with van der Waals surface area (Å²) in [4.78, 5) is 10.6. The zero-order valence-corrected chi connectivity index (χ0v) is 18.9. The van der Waals surface area contributed by atoms with Gasteiger partial charge in [0.2, 0.25) is 0 Å². The topological polar surface area (TPSA) is 88.3 Å². The molecule has 1 unspecified atom stereocenters. The first-order chi connectivity index (χ1) is 15.5. The Hall–Kier alpha value is -2.97. The van der Waals surface area contributed by atoms with Gasteiger partial charge < -0.3 is 20.1 Å². The second-order valence-corrected chi connectivity index (χ2v) is 8.56. The van der Waals surface area contributed by atoms with E-state index in [0.717, 1.165) is 54.4 Å². The number of piperidine rings is 1. The predicted molar refractivity (Wildman–Crippen MR) is 124 cm³/mol. The van der Waals surface area contributed by atoms with Gasteiger partial charge in [-0.25, -0.2) is 4.98 Å². The number of rotatable bonds is 9. The average molecular weight is 437 g/mol. The highest BCUT2D eigenvalue weighted by molar-refractivity contribution is 5.36. The van der Waals surface area contributed by atoms with E-state index in [9.17, 15) is 5.11 Å². The molecule has 1 aliphatic rings. The second-order valence-electron chi connectivity index (χ2n) is 8.56. The maximum Gasteiger partial charge on any atom is 0.147 e. The van der Waals surface area contributed by atoms with E-state index in [4.69, 9.17) is 4.74 Å². The SMILES string of the molecule is Cc1cc(C)n(CCOc2ccc(CNCC3(O)CCCN(c4cnccn4)C3)cc2)n1. The summed E-state index contributed by atoms with van der Waals surface area (Å²) in [5.74, 6) is 1.67. The van der Waals surface area contributed by atoms with Crippen LogP contribution >= 0.6 is 0 Å². The van der Waals surface area contributed by atoms with Crippen molar-refractivity contribution in [3.8, 4) is 5.75 Å². The Morgan fingerprint density at radius 1 is 1.19 bits per heavy atom. The van der Waals surface area contributed by atoms with Gasteiger partial charge in [-0.2, -0.15) is 5.10 Å². The molecule has 0 amide bonds. The van der Waals surface area contributed by atoms with Crippen LogP contribution in [0.15, 0.2) is 48.9 Å². The van der Waals surface area contributed by atoms with Crippen LogP contribution in [-0.2, 0) is 13.1 Å². The van der Waals surface area contributed by atoms with Crippen molar-refractivity contribution in [1.29, 1.82) is 0 Å². The fraction of sp³-hybridized carbons (Fsp3) is 0.458. The number of aliphatic hydroxyl groups is 1. The van der Waals surface area contributed by atoms with Crippen molar-refractivity contribution in [3.05, 3.63) is 65.9 Å². The normalized spacial score (nSPS) is 18.7. The molecular weight excluding hydrogens is 404 g/mol. The number of hydrogen-bond donors (Lipinski definition) is 2. The van der Waals surface area contributed by atoms with Crippen molar-refractivity contribution < 1.29 is 9.84 Å². The summed E-state index contributed by atoms with van der Waals surface area (Å²) in [5.41, 5.74) is 2.55. The molecule has 170 valence electrons. The molecule has 2 N–H and O–H groups in total. The number of aryl methyl sites for hydroxylation is 2. The molecule has 3 heterocycles. The smallest absolute Gasteiger partial charge is 0.147 e. The summed E-state index contributed by atoms with van der Waals surface area (Å²) in [7, 11) is 0. The molecule has 0 aliphatic carbocycles. The van der Waals surface area contributed by atoms with Crippen LogP contribution in [0.2, 0.25) is 0 Å². The van der Waals surface area contributed by atoms with Crippen LogP contribution in [0.5, 0.6) is 5.75 Å². The van der Waals surface area contributed by atoms with E-state index in [-0.39, 0.29) is 0 Å². The van der Waals surface area contributed by atoms with Gasteiger partial charge >= 0.3 is 0 Å². The van der Waals surface area contributed by atoms with Crippen LogP contribution in [0.4, 0.5) is 5.82 Å². The quantitative estimate of drug-likeness (QED) is 0.533. The van der Waals surface area contributed by atoms with Gasteiger partial charge in [0.15, 0.2) is 0 Å². The van der Waals surface area contributed by atoms with Crippen molar-refractivity contribution in [2.24, 2.45) is 0 Å². The Bertz CT molecular complexity index is 991. The Kier molecular flexibility index (Phi) is 7.02. The van der Waals surface area contributed by atoms with E-state index in [1.807, 2.05) is 23.7 Å². The fourth-order valence-corrected chi connectivity index (χ4v) is 4.20. The largest absolute Gasteiger partial charge is 0.492 e. The van der Waals surface area contributed by atoms with Gasteiger partial charge in [-0.1, -0.05) is 12.1 Å². The van der Waals surface area contributed by atoms with Gasteiger partial charge in [0, 0.05) is 44.3 Å². The van der Waals surface area contributed by atoms with E-state index < -0.39 is 5.60 Å². The molecule has 1 aromatic carbocycles. The Balaban J connectivity index is 1.21. The standard InChI is InChI=1S/C24H32N6O2/c1-19-14-20(2)30(28-19)12-13-32-22-6-4-21(5-7-22)15-26-17-24(31)8-3-11-29(18-24)23-16-25-9-10-27-23/h4-7,9-10,14,16,26,31H,3,8,11-13,15,17-18H2,1-2H3. The molecule has 32 heavy (non-hydrogen) atoms. The Morgan fingerprint density at radius 3 is 2.75 bits per heavy atom. The first-order valence-corrected chi connectivity index (χ1v) is 11.2. The highest BCUT2D eigenvalue weighted by atomic mass is 16.5. The molecular formula is C24H32N6O2. The highest BCUT2D eigenvalue weighted by Crippen LogP contribution is 2.24. The van der Waals surface area contributed by atoms with Gasteiger partial charge in [0.1, 0.15) is 18.2 Å². The number of β-amino-alcohol motifs (C(OH)–C–C–N with tert-alkyl or cyclic N) is 1. The van der Waals surface area contributed by atoms with E-state index >= 15 is 0 Å². The van der Waals surface area contributed by atoms with Gasteiger partial charge in [0.25, 0.3) is 0 Å². The maximum atomic E-state index is 11.1. The van der Waals surface area contributed by atoms with Crippen molar-refractivity contribution in [1.82, 2.24) is 25.1 Å². The van der Waals surface area contributed by atoms with Gasteiger partial charge in [-0.05, 0) is 50.5 Å². The zero-order valence-electron chi connectivity index (χ0n) is 18.9. The summed E-state index contributed by atoms with van der Waals surface area (Å²) in [6.45, 7) is 8.03. The third-order valence-corrected chi connectivity index (χ3v) is 5.81. The number of aromatic nitrogens is 4. The number of nitrogens with one attached hydrogen (secondary N) is 1. The molecule has 3 aromatic rings. The zero-order chi connectivity index (χ0) is 22.4. The summed E-state index contributed by atoms with van der Waals surface area (Å²) >= 11 is 0. The van der Waals surface area contributed by atoms with Crippen LogP contribution in [-0.4, -0.2) is 56.7 Å². The van der Waals surface area contributed by atoms with Crippen molar-refractivity contribution in [2.45, 2.75) is 45.4 Å². The van der Waals surface area contributed by atoms with Crippen LogP contribution in [0.1, 0.15) is 29.8 Å². The van der Waals surface area contributed by atoms with Crippen LogP contribution < -0.4 is 15.0 Å². The number of ether oxygens (including phenoxy) is 1. The van der Waals surface area contributed by atoms with E-state index in [1.165, 1.54) is 0 Å². The maximum absolute atomic E-state index is 11.1.